The van der Waals surface area contributed by atoms with E-state index in [0.29, 0.717) is 23.5 Å². The molecule has 2 aliphatic rings. The number of allylic oxidation sites excluding steroid dienone is 3. The number of rotatable bonds is 3. The highest BCUT2D eigenvalue weighted by molar-refractivity contribution is 5.44. The molecule has 0 fully saturated rings. The predicted molar refractivity (Wildman–Crippen MR) is 115 cm³/mol. The average molecular weight is 375 g/mol. The fraction of sp³-hybridized carbons (Fsp3) is 0.385. The molecule has 2 nitrogen and oxygen atoms in total. The lowest BCUT2D eigenvalue weighted by Crippen LogP contribution is -2.26. The molecule has 2 aromatic carbocycles. The summed E-state index contributed by atoms with van der Waals surface area (Å²) >= 11 is 0. The Morgan fingerprint density at radius 2 is 1.82 bits per heavy atom. The van der Waals surface area contributed by atoms with E-state index in [2.05, 4.69) is 75.4 Å². The summed E-state index contributed by atoms with van der Waals surface area (Å²) in [6, 6.07) is 17.6. The molecule has 0 aliphatic heterocycles. The molecule has 0 radical (unpaired) electrons. The summed E-state index contributed by atoms with van der Waals surface area (Å²) in [6.07, 6.45) is 9.12. The molecular formula is C26H30O2. The van der Waals surface area contributed by atoms with Crippen LogP contribution in [0, 0.1) is 5.92 Å². The minimum absolute atomic E-state index is 0.191. The van der Waals surface area contributed by atoms with Crippen molar-refractivity contribution in [3.63, 3.8) is 0 Å². The molecule has 1 N–H and O–H groups in total. The van der Waals surface area contributed by atoms with Crippen LogP contribution < -0.4 is 4.74 Å². The molecule has 2 heteroatoms. The topological polar surface area (TPSA) is 29.5 Å². The van der Waals surface area contributed by atoms with E-state index in [1.54, 1.807) is 0 Å². The molecule has 1 unspecified atom stereocenters. The van der Waals surface area contributed by atoms with Gasteiger partial charge in [0.2, 0.25) is 0 Å². The first kappa shape index (κ1) is 18.9. The number of hydrogen-bond acceptors (Lipinski definition) is 2. The van der Waals surface area contributed by atoms with E-state index in [1.165, 1.54) is 16.7 Å². The molecule has 146 valence electrons. The molecular weight excluding hydrogens is 344 g/mol. The number of ether oxygens (including phenoxy) is 1. The molecule has 0 spiro atoms. The standard InChI is InChI=1S/C26H30O2/c1-26(2,3)28-22-14-16-24-20(17-22)11-15-23(18-7-5-4-6-8-18)25(24)19-9-12-21(27)13-10-19/h4-9,12-14,16-17,19,23,25,27H,10-11,15H2,1-3H3/t19?,23-,25+/m1/s1. The number of aryl methyl sites for hydroxylation is 1. The number of benzene rings is 2. The van der Waals surface area contributed by atoms with Gasteiger partial charge in [-0.2, -0.15) is 0 Å². The van der Waals surface area contributed by atoms with Crippen molar-refractivity contribution in [3.8, 4) is 5.75 Å². The van der Waals surface area contributed by atoms with Crippen LogP contribution in [0.3, 0.4) is 0 Å². The second-order valence-corrected chi connectivity index (χ2v) is 9.04. The van der Waals surface area contributed by atoms with Crippen LogP contribution in [0.2, 0.25) is 0 Å². The zero-order valence-corrected chi connectivity index (χ0v) is 17.1. The van der Waals surface area contributed by atoms with Crippen LogP contribution in [0.5, 0.6) is 5.75 Å². The first-order valence-corrected chi connectivity index (χ1v) is 10.3. The van der Waals surface area contributed by atoms with Crippen LogP contribution in [0.4, 0.5) is 0 Å². The molecule has 0 amide bonds. The van der Waals surface area contributed by atoms with Crippen molar-refractivity contribution in [1.29, 1.82) is 0 Å². The summed E-state index contributed by atoms with van der Waals surface area (Å²) in [6.45, 7) is 6.27. The van der Waals surface area contributed by atoms with Crippen molar-refractivity contribution >= 4 is 0 Å². The predicted octanol–water partition coefficient (Wildman–Crippen LogP) is 6.70. The second kappa shape index (κ2) is 7.50. The number of aliphatic hydroxyl groups is 1. The molecule has 0 saturated heterocycles. The third-order valence-corrected chi connectivity index (χ3v) is 5.86. The van der Waals surface area contributed by atoms with Gasteiger partial charge in [-0.3, -0.25) is 0 Å². The lowest BCUT2D eigenvalue weighted by atomic mass is 9.65. The number of aliphatic hydroxyl groups excluding tert-OH is 1. The maximum absolute atomic E-state index is 9.81. The highest BCUT2D eigenvalue weighted by Crippen LogP contribution is 2.49. The first-order valence-electron chi connectivity index (χ1n) is 10.3. The number of fused-ring (bicyclic) bond motifs is 1. The fourth-order valence-electron chi connectivity index (χ4n) is 4.74. The van der Waals surface area contributed by atoms with Crippen molar-refractivity contribution < 1.29 is 9.84 Å². The lowest BCUT2D eigenvalue weighted by molar-refractivity contribution is 0.130. The minimum atomic E-state index is -0.191. The van der Waals surface area contributed by atoms with E-state index in [1.807, 2.05) is 12.2 Å². The zero-order valence-electron chi connectivity index (χ0n) is 17.1. The maximum Gasteiger partial charge on any atom is 0.120 e. The molecule has 0 heterocycles. The molecule has 2 aromatic rings. The summed E-state index contributed by atoms with van der Waals surface area (Å²) in [7, 11) is 0. The van der Waals surface area contributed by atoms with Gasteiger partial charge in [-0.25, -0.2) is 0 Å². The Hall–Kier alpha value is -2.48. The van der Waals surface area contributed by atoms with Crippen LogP contribution in [0.15, 0.2) is 72.5 Å². The molecule has 2 aliphatic carbocycles. The third-order valence-electron chi connectivity index (χ3n) is 5.86. The van der Waals surface area contributed by atoms with Crippen LogP contribution in [-0.2, 0) is 6.42 Å². The Balaban J connectivity index is 1.72. The Kier molecular flexibility index (Phi) is 5.05. The van der Waals surface area contributed by atoms with E-state index in [4.69, 9.17) is 4.74 Å². The van der Waals surface area contributed by atoms with Crippen LogP contribution in [0.25, 0.3) is 0 Å². The Morgan fingerprint density at radius 1 is 1.04 bits per heavy atom. The van der Waals surface area contributed by atoms with Crippen LogP contribution in [0.1, 0.15) is 62.1 Å². The van der Waals surface area contributed by atoms with Gasteiger partial charge in [0.1, 0.15) is 17.1 Å². The quantitative estimate of drug-likeness (QED) is 0.648. The highest BCUT2D eigenvalue weighted by Gasteiger charge is 2.35. The van der Waals surface area contributed by atoms with E-state index in [-0.39, 0.29) is 5.60 Å². The maximum atomic E-state index is 9.81. The van der Waals surface area contributed by atoms with E-state index in [9.17, 15) is 5.11 Å². The Bertz CT molecular complexity index is 886. The highest BCUT2D eigenvalue weighted by atomic mass is 16.5. The van der Waals surface area contributed by atoms with E-state index in [0.717, 1.165) is 25.0 Å². The Labute approximate surface area is 168 Å². The molecule has 4 rings (SSSR count). The normalized spacial score (nSPS) is 24.4. The summed E-state index contributed by atoms with van der Waals surface area (Å²) < 4.78 is 6.12. The van der Waals surface area contributed by atoms with Crippen LogP contribution >= 0.6 is 0 Å². The van der Waals surface area contributed by atoms with E-state index >= 15 is 0 Å². The molecule has 3 atom stereocenters. The minimum Gasteiger partial charge on any atom is -0.508 e. The van der Waals surface area contributed by atoms with Gasteiger partial charge < -0.3 is 9.84 Å². The SMILES string of the molecule is CC(C)(C)Oc1ccc2c(c1)CC[C@H](c1ccccc1)[C@@H]2C1C=CC(O)=CC1. The van der Waals surface area contributed by atoms with Gasteiger partial charge >= 0.3 is 0 Å². The average Bonchev–Trinajstić information content (AvgIpc) is 2.67. The van der Waals surface area contributed by atoms with Crippen molar-refractivity contribution in [3.05, 3.63) is 89.2 Å². The summed E-state index contributed by atoms with van der Waals surface area (Å²) in [5.74, 6) is 2.65. The number of hydrogen-bond donors (Lipinski definition) is 1. The van der Waals surface area contributed by atoms with Gasteiger partial charge in [0, 0.05) is 0 Å². The lowest BCUT2D eigenvalue weighted by Gasteiger charge is -2.39. The fourth-order valence-corrected chi connectivity index (χ4v) is 4.74. The first-order chi connectivity index (χ1) is 13.4. The van der Waals surface area contributed by atoms with Crippen molar-refractivity contribution in [2.45, 2.75) is 57.5 Å². The van der Waals surface area contributed by atoms with Gasteiger partial charge in [0.25, 0.3) is 0 Å². The second-order valence-electron chi connectivity index (χ2n) is 9.04. The van der Waals surface area contributed by atoms with Gasteiger partial charge in [-0.1, -0.05) is 42.5 Å². The van der Waals surface area contributed by atoms with Gasteiger partial charge in [-0.05, 0) is 98.8 Å². The van der Waals surface area contributed by atoms with Crippen molar-refractivity contribution in [2.24, 2.45) is 5.92 Å². The van der Waals surface area contributed by atoms with Crippen LogP contribution in [-0.4, -0.2) is 10.7 Å². The van der Waals surface area contributed by atoms with Crippen molar-refractivity contribution in [1.82, 2.24) is 0 Å². The van der Waals surface area contributed by atoms with Gasteiger partial charge in [0.15, 0.2) is 0 Å². The summed E-state index contributed by atoms with van der Waals surface area (Å²) in [4.78, 5) is 0. The summed E-state index contributed by atoms with van der Waals surface area (Å²) in [5.41, 5.74) is 4.07. The largest absolute Gasteiger partial charge is 0.508 e. The Morgan fingerprint density at radius 3 is 2.50 bits per heavy atom. The molecule has 0 bridgehead atoms. The molecule has 28 heavy (non-hydrogen) atoms. The summed E-state index contributed by atoms with van der Waals surface area (Å²) in [5, 5.41) is 9.81. The molecule has 0 aromatic heterocycles. The third kappa shape index (κ3) is 4.01. The smallest absolute Gasteiger partial charge is 0.120 e. The molecule has 0 saturated carbocycles. The van der Waals surface area contributed by atoms with Crippen molar-refractivity contribution in [2.75, 3.05) is 0 Å². The monoisotopic (exact) mass is 374 g/mol. The van der Waals surface area contributed by atoms with Gasteiger partial charge in [-0.15, -0.1) is 0 Å². The zero-order chi connectivity index (χ0) is 19.7. The van der Waals surface area contributed by atoms with Gasteiger partial charge in [0.05, 0.1) is 0 Å². The van der Waals surface area contributed by atoms with E-state index < -0.39 is 0 Å².